The lowest BCUT2D eigenvalue weighted by Gasteiger charge is -2.15. The minimum Gasteiger partial charge on any atom is -0.368 e. The zero-order valence-electron chi connectivity index (χ0n) is 9.52. The second kappa shape index (κ2) is 4.65. The Hall–Kier alpha value is -1.37. The average molecular weight is 241 g/mol. The van der Waals surface area contributed by atoms with Gasteiger partial charge in [0.25, 0.3) is 0 Å². The number of rotatable bonds is 3. The van der Waals surface area contributed by atoms with E-state index in [2.05, 4.69) is 15.0 Å². The van der Waals surface area contributed by atoms with Gasteiger partial charge in [0.05, 0.1) is 5.75 Å². The molecular formula is C9H15N5OS. The van der Waals surface area contributed by atoms with E-state index in [1.165, 1.54) is 11.8 Å². The summed E-state index contributed by atoms with van der Waals surface area (Å²) in [5.74, 6) is 0.554. The molecule has 1 aromatic heterocycles. The lowest BCUT2D eigenvalue weighted by atomic mass is 9.92. The van der Waals surface area contributed by atoms with Crippen molar-refractivity contribution in [2.45, 2.75) is 25.9 Å². The Labute approximate surface area is 98.2 Å². The summed E-state index contributed by atoms with van der Waals surface area (Å²) in [6, 6.07) is 0. The van der Waals surface area contributed by atoms with E-state index in [1.807, 2.05) is 20.8 Å². The predicted octanol–water partition coefficient (Wildman–Crippen LogP) is 0.743. The molecule has 0 atom stereocenters. The summed E-state index contributed by atoms with van der Waals surface area (Å²) >= 11 is 1.21. The maximum absolute atomic E-state index is 11.7. The summed E-state index contributed by atoms with van der Waals surface area (Å²) < 4.78 is 0. The highest BCUT2D eigenvalue weighted by atomic mass is 32.2. The molecule has 6 nitrogen and oxygen atoms in total. The minimum atomic E-state index is -0.364. The van der Waals surface area contributed by atoms with Gasteiger partial charge in [0.15, 0.2) is 5.16 Å². The number of nitrogens with two attached hydrogens (primary N) is 2. The average Bonchev–Trinajstić information content (AvgIpc) is 2.11. The number of hydrogen-bond donors (Lipinski definition) is 2. The number of anilines is 2. The Bertz CT molecular complexity index is 381. The lowest BCUT2D eigenvalue weighted by molar-refractivity contribution is -0.123. The highest BCUT2D eigenvalue weighted by Gasteiger charge is 2.21. The van der Waals surface area contributed by atoms with Gasteiger partial charge in [-0.1, -0.05) is 32.5 Å². The number of hydrogen-bond acceptors (Lipinski definition) is 7. The van der Waals surface area contributed by atoms with Crippen molar-refractivity contribution in [3.8, 4) is 0 Å². The van der Waals surface area contributed by atoms with E-state index >= 15 is 0 Å². The van der Waals surface area contributed by atoms with Crippen LogP contribution in [0.15, 0.2) is 5.16 Å². The van der Waals surface area contributed by atoms with Crippen LogP contribution in [0.25, 0.3) is 0 Å². The van der Waals surface area contributed by atoms with Gasteiger partial charge in [0.1, 0.15) is 5.78 Å². The molecule has 7 heteroatoms. The van der Waals surface area contributed by atoms with Gasteiger partial charge in [0, 0.05) is 5.41 Å². The van der Waals surface area contributed by atoms with E-state index in [4.69, 9.17) is 11.5 Å². The first-order valence-electron chi connectivity index (χ1n) is 4.72. The molecule has 0 saturated heterocycles. The third kappa shape index (κ3) is 3.65. The normalized spacial score (nSPS) is 11.4. The number of Topliss-reactive ketones (excluding diaryl/α,β-unsaturated/α-hetero) is 1. The summed E-state index contributed by atoms with van der Waals surface area (Å²) in [6.07, 6.45) is 0. The van der Waals surface area contributed by atoms with Crippen molar-refractivity contribution in [2.24, 2.45) is 5.41 Å². The number of nitrogen functional groups attached to an aromatic ring is 2. The van der Waals surface area contributed by atoms with Gasteiger partial charge in [-0.05, 0) is 0 Å². The highest BCUT2D eigenvalue weighted by molar-refractivity contribution is 7.99. The van der Waals surface area contributed by atoms with Crippen LogP contribution in [-0.2, 0) is 4.79 Å². The molecule has 0 radical (unpaired) electrons. The number of aromatic nitrogens is 3. The quantitative estimate of drug-likeness (QED) is 0.751. The fraction of sp³-hybridized carbons (Fsp3) is 0.556. The van der Waals surface area contributed by atoms with Crippen molar-refractivity contribution >= 4 is 29.4 Å². The van der Waals surface area contributed by atoms with Crippen molar-refractivity contribution in [3.05, 3.63) is 0 Å². The van der Waals surface area contributed by atoms with Crippen LogP contribution >= 0.6 is 11.8 Å². The molecular weight excluding hydrogens is 226 g/mol. The summed E-state index contributed by atoms with van der Waals surface area (Å²) in [6.45, 7) is 5.60. The highest BCUT2D eigenvalue weighted by Crippen LogP contribution is 2.21. The molecule has 0 spiro atoms. The van der Waals surface area contributed by atoms with E-state index in [0.717, 1.165) is 0 Å². The molecule has 0 bridgehead atoms. The van der Waals surface area contributed by atoms with Gasteiger partial charge in [-0.3, -0.25) is 4.79 Å². The molecule has 16 heavy (non-hydrogen) atoms. The molecule has 0 aliphatic heterocycles. The second-order valence-corrected chi connectivity index (χ2v) is 5.24. The van der Waals surface area contributed by atoms with E-state index in [0.29, 0.717) is 10.9 Å². The second-order valence-electron chi connectivity index (χ2n) is 4.30. The van der Waals surface area contributed by atoms with Crippen LogP contribution in [0.5, 0.6) is 0 Å². The van der Waals surface area contributed by atoms with Gasteiger partial charge in [-0.15, -0.1) is 0 Å². The van der Waals surface area contributed by atoms with Crippen molar-refractivity contribution in [3.63, 3.8) is 0 Å². The van der Waals surface area contributed by atoms with Crippen LogP contribution in [0.3, 0.4) is 0 Å². The Morgan fingerprint density at radius 2 is 1.69 bits per heavy atom. The summed E-state index contributed by atoms with van der Waals surface area (Å²) in [5.41, 5.74) is 10.5. The maximum Gasteiger partial charge on any atom is 0.225 e. The third-order valence-electron chi connectivity index (χ3n) is 1.82. The van der Waals surface area contributed by atoms with Gasteiger partial charge in [-0.2, -0.15) is 15.0 Å². The molecule has 4 N–H and O–H groups in total. The molecule has 0 aliphatic carbocycles. The van der Waals surface area contributed by atoms with Crippen LogP contribution < -0.4 is 11.5 Å². The van der Waals surface area contributed by atoms with Crippen molar-refractivity contribution in [1.82, 2.24) is 15.0 Å². The Morgan fingerprint density at radius 3 is 2.12 bits per heavy atom. The van der Waals surface area contributed by atoms with Gasteiger partial charge >= 0.3 is 0 Å². The van der Waals surface area contributed by atoms with E-state index in [9.17, 15) is 4.79 Å². The first-order valence-corrected chi connectivity index (χ1v) is 5.71. The van der Waals surface area contributed by atoms with Crippen molar-refractivity contribution in [1.29, 1.82) is 0 Å². The SMILES string of the molecule is CC(C)(C)C(=O)CSc1nc(N)nc(N)n1. The van der Waals surface area contributed by atoms with Crippen LogP contribution in [0, 0.1) is 5.41 Å². The molecule has 0 amide bonds. The molecule has 0 fully saturated rings. The van der Waals surface area contributed by atoms with Crippen LogP contribution in [-0.4, -0.2) is 26.5 Å². The zero-order chi connectivity index (χ0) is 12.3. The number of carbonyl (C=O) groups is 1. The molecule has 1 rings (SSSR count). The van der Waals surface area contributed by atoms with Gasteiger partial charge in [-0.25, -0.2) is 0 Å². The molecule has 0 aromatic carbocycles. The van der Waals surface area contributed by atoms with Crippen LogP contribution in [0.4, 0.5) is 11.9 Å². The number of thioether (sulfide) groups is 1. The first kappa shape index (κ1) is 12.7. The number of ketones is 1. The van der Waals surface area contributed by atoms with E-state index in [1.54, 1.807) is 0 Å². The monoisotopic (exact) mass is 241 g/mol. The summed E-state index contributed by atoms with van der Waals surface area (Å²) in [7, 11) is 0. The Balaban J connectivity index is 2.65. The van der Waals surface area contributed by atoms with E-state index in [-0.39, 0.29) is 23.1 Å². The summed E-state index contributed by atoms with van der Waals surface area (Å²) in [5, 5.41) is 0.377. The molecule has 88 valence electrons. The van der Waals surface area contributed by atoms with Gasteiger partial charge in [0.2, 0.25) is 11.9 Å². The smallest absolute Gasteiger partial charge is 0.225 e. The fourth-order valence-corrected chi connectivity index (χ4v) is 1.81. The topological polar surface area (TPSA) is 108 Å². The standard InChI is InChI=1S/C9H15N5OS/c1-9(2,3)5(15)4-16-8-13-6(10)12-7(11)14-8/h4H2,1-3H3,(H4,10,11,12,13,14). The molecule has 1 heterocycles. The fourth-order valence-electron chi connectivity index (χ4n) is 0.800. The minimum absolute atomic E-state index is 0.0678. The van der Waals surface area contributed by atoms with Crippen LogP contribution in [0.1, 0.15) is 20.8 Å². The number of nitrogens with zero attached hydrogens (tertiary/aromatic N) is 3. The third-order valence-corrected chi connectivity index (χ3v) is 2.67. The predicted molar refractivity (Wildman–Crippen MR) is 63.8 cm³/mol. The maximum atomic E-state index is 11.7. The lowest BCUT2D eigenvalue weighted by Crippen LogP contribution is -2.22. The molecule has 0 aliphatic rings. The largest absolute Gasteiger partial charge is 0.368 e. The number of carbonyl (C=O) groups excluding carboxylic acids is 1. The van der Waals surface area contributed by atoms with Crippen molar-refractivity contribution in [2.75, 3.05) is 17.2 Å². The molecule has 0 saturated carbocycles. The molecule has 1 aromatic rings. The Kier molecular flexibility index (Phi) is 3.69. The first-order chi connectivity index (χ1) is 7.29. The van der Waals surface area contributed by atoms with Crippen LogP contribution in [0.2, 0.25) is 0 Å². The van der Waals surface area contributed by atoms with Crippen molar-refractivity contribution < 1.29 is 4.79 Å². The zero-order valence-corrected chi connectivity index (χ0v) is 10.3. The molecule has 0 unspecified atom stereocenters. The summed E-state index contributed by atoms with van der Waals surface area (Å²) in [4.78, 5) is 23.0. The van der Waals surface area contributed by atoms with E-state index < -0.39 is 0 Å². The Morgan fingerprint density at radius 1 is 1.19 bits per heavy atom. The van der Waals surface area contributed by atoms with Gasteiger partial charge < -0.3 is 11.5 Å².